The molecule has 1 aromatic heterocycles. The van der Waals surface area contributed by atoms with Crippen molar-refractivity contribution in [2.75, 3.05) is 26.2 Å². The number of thiophene rings is 1. The molecule has 0 bridgehead atoms. The van der Waals surface area contributed by atoms with E-state index in [4.69, 9.17) is 5.73 Å². The SMILES string of the molecule is CC1(CN)CCN(C(=O)C2CCCN2S(=O)(=O)c2cccs2)C1.Cl. The number of carbonyl (C=O) groups is 1. The summed E-state index contributed by atoms with van der Waals surface area (Å²) in [5.41, 5.74) is 5.75. The summed E-state index contributed by atoms with van der Waals surface area (Å²) in [5.74, 6) is -0.0696. The Morgan fingerprint density at radius 1 is 1.46 bits per heavy atom. The van der Waals surface area contributed by atoms with Crippen LogP contribution in [0.3, 0.4) is 0 Å². The molecule has 3 rings (SSSR count). The Morgan fingerprint density at radius 3 is 2.79 bits per heavy atom. The molecule has 0 aromatic carbocycles. The lowest BCUT2D eigenvalue weighted by Crippen LogP contribution is -2.47. The Hall–Kier alpha value is -0.670. The number of halogens is 1. The second-order valence-electron chi connectivity index (χ2n) is 6.73. The zero-order valence-electron chi connectivity index (χ0n) is 13.7. The molecule has 2 N–H and O–H groups in total. The van der Waals surface area contributed by atoms with Crippen LogP contribution < -0.4 is 5.73 Å². The Bertz CT molecular complexity index is 680. The van der Waals surface area contributed by atoms with Crippen molar-refractivity contribution in [2.24, 2.45) is 11.1 Å². The topological polar surface area (TPSA) is 83.7 Å². The van der Waals surface area contributed by atoms with Crippen LogP contribution in [-0.2, 0) is 14.8 Å². The minimum Gasteiger partial charge on any atom is -0.341 e. The third kappa shape index (κ3) is 3.48. The third-order valence-electron chi connectivity index (χ3n) is 4.91. The van der Waals surface area contributed by atoms with Gasteiger partial charge in [-0.15, -0.1) is 23.7 Å². The van der Waals surface area contributed by atoms with E-state index < -0.39 is 16.1 Å². The van der Waals surface area contributed by atoms with Crippen LogP contribution in [-0.4, -0.2) is 55.8 Å². The number of sulfonamides is 1. The van der Waals surface area contributed by atoms with Crippen LogP contribution in [0.25, 0.3) is 0 Å². The van der Waals surface area contributed by atoms with Crippen LogP contribution >= 0.6 is 23.7 Å². The van der Waals surface area contributed by atoms with Crippen LogP contribution in [0.1, 0.15) is 26.2 Å². The number of hydrogen-bond acceptors (Lipinski definition) is 5. The van der Waals surface area contributed by atoms with Gasteiger partial charge in [0.25, 0.3) is 10.0 Å². The molecule has 2 saturated heterocycles. The van der Waals surface area contributed by atoms with Crippen molar-refractivity contribution in [3.63, 3.8) is 0 Å². The predicted octanol–water partition coefficient (Wildman–Crippen LogP) is 1.52. The molecule has 24 heavy (non-hydrogen) atoms. The Kier molecular flexibility index (Phi) is 5.97. The van der Waals surface area contributed by atoms with Gasteiger partial charge in [0.05, 0.1) is 0 Å². The fraction of sp³-hybridized carbons (Fsp3) is 0.667. The van der Waals surface area contributed by atoms with Crippen LogP contribution in [0.4, 0.5) is 0 Å². The molecule has 136 valence electrons. The highest BCUT2D eigenvalue weighted by Gasteiger charge is 2.44. The van der Waals surface area contributed by atoms with Crippen molar-refractivity contribution in [1.82, 2.24) is 9.21 Å². The van der Waals surface area contributed by atoms with Gasteiger partial charge in [-0.2, -0.15) is 4.31 Å². The van der Waals surface area contributed by atoms with Crippen molar-refractivity contribution < 1.29 is 13.2 Å². The summed E-state index contributed by atoms with van der Waals surface area (Å²) in [5, 5.41) is 1.74. The van der Waals surface area contributed by atoms with E-state index in [1.807, 2.05) is 0 Å². The molecule has 6 nitrogen and oxygen atoms in total. The molecule has 2 aliphatic rings. The summed E-state index contributed by atoms with van der Waals surface area (Å²) in [6, 6.07) is 2.75. The van der Waals surface area contributed by atoms with Crippen LogP contribution in [0, 0.1) is 5.41 Å². The van der Waals surface area contributed by atoms with Crippen molar-refractivity contribution in [1.29, 1.82) is 0 Å². The van der Waals surface area contributed by atoms with Gasteiger partial charge in [-0.1, -0.05) is 13.0 Å². The zero-order chi connectivity index (χ0) is 16.7. The summed E-state index contributed by atoms with van der Waals surface area (Å²) < 4.78 is 27.2. The lowest BCUT2D eigenvalue weighted by atomic mass is 9.90. The molecule has 1 aromatic rings. The highest BCUT2D eigenvalue weighted by molar-refractivity contribution is 7.91. The van der Waals surface area contributed by atoms with Crippen LogP contribution in [0.2, 0.25) is 0 Å². The predicted molar refractivity (Wildman–Crippen MR) is 96.8 cm³/mol. The van der Waals surface area contributed by atoms with E-state index in [0.717, 1.165) is 12.8 Å². The molecule has 2 fully saturated rings. The molecule has 1 amide bonds. The minimum atomic E-state index is -3.57. The summed E-state index contributed by atoms with van der Waals surface area (Å²) >= 11 is 1.20. The first-order chi connectivity index (χ1) is 10.9. The van der Waals surface area contributed by atoms with Gasteiger partial charge in [0, 0.05) is 19.6 Å². The molecule has 0 saturated carbocycles. The molecule has 0 radical (unpaired) electrons. The van der Waals surface area contributed by atoms with Gasteiger partial charge in [-0.25, -0.2) is 8.42 Å². The summed E-state index contributed by atoms with van der Waals surface area (Å²) in [6.07, 6.45) is 2.20. The van der Waals surface area contributed by atoms with Crippen LogP contribution in [0.5, 0.6) is 0 Å². The van der Waals surface area contributed by atoms with E-state index in [2.05, 4.69) is 6.92 Å². The van der Waals surface area contributed by atoms with Gasteiger partial charge in [0.2, 0.25) is 5.91 Å². The molecular formula is C15H24ClN3O3S2. The molecule has 0 spiro atoms. The van der Waals surface area contributed by atoms with Gasteiger partial charge < -0.3 is 10.6 Å². The average Bonchev–Trinajstić information content (AvgIpc) is 3.27. The zero-order valence-corrected chi connectivity index (χ0v) is 16.1. The number of rotatable bonds is 4. The number of hydrogen-bond donors (Lipinski definition) is 1. The normalized spacial score (nSPS) is 28.1. The first-order valence-corrected chi connectivity index (χ1v) is 10.2. The van der Waals surface area contributed by atoms with Crippen molar-refractivity contribution in [3.05, 3.63) is 17.5 Å². The first-order valence-electron chi connectivity index (χ1n) is 7.92. The van der Waals surface area contributed by atoms with E-state index in [1.165, 1.54) is 15.6 Å². The maximum Gasteiger partial charge on any atom is 0.253 e. The van der Waals surface area contributed by atoms with Gasteiger partial charge in [-0.05, 0) is 42.7 Å². The fourth-order valence-corrected chi connectivity index (χ4v) is 6.16. The lowest BCUT2D eigenvalue weighted by molar-refractivity contribution is -0.133. The molecule has 2 atom stereocenters. The Morgan fingerprint density at radius 2 is 2.21 bits per heavy atom. The monoisotopic (exact) mass is 393 g/mol. The maximum absolute atomic E-state index is 12.9. The average molecular weight is 394 g/mol. The van der Waals surface area contributed by atoms with Crippen molar-refractivity contribution in [3.8, 4) is 0 Å². The van der Waals surface area contributed by atoms with Gasteiger partial charge in [0.15, 0.2) is 0 Å². The molecule has 2 unspecified atom stereocenters. The number of nitrogens with two attached hydrogens (primary N) is 1. The second kappa shape index (κ2) is 7.29. The summed E-state index contributed by atoms with van der Waals surface area (Å²) in [6.45, 7) is 4.31. The lowest BCUT2D eigenvalue weighted by Gasteiger charge is -2.28. The van der Waals surface area contributed by atoms with E-state index in [1.54, 1.807) is 22.4 Å². The first kappa shape index (κ1) is 19.7. The number of likely N-dealkylation sites (tertiary alicyclic amines) is 1. The van der Waals surface area contributed by atoms with E-state index >= 15 is 0 Å². The molecule has 9 heteroatoms. The summed E-state index contributed by atoms with van der Waals surface area (Å²) in [4.78, 5) is 14.7. The standard InChI is InChI=1S/C15H23N3O3S2.ClH/c1-15(10-16)6-8-17(11-15)14(19)12-4-2-7-18(12)23(20,21)13-5-3-9-22-13;/h3,5,9,12H,2,4,6-8,10-11,16H2,1H3;1H. The molecule has 2 aliphatic heterocycles. The second-order valence-corrected chi connectivity index (χ2v) is 9.80. The Balaban J connectivity index is 0.00000208. The number of nitrogens with zero attached hydrogens (tertiary/aromatic N) is 2. The quantitative estimate of drug-likeness (QED) is 0.840. The molecular weight excluding hydrogens is 370 g/mol. The maximum atomic E-state index is 12.9. The Labute approximate surface area is 153 Å². The highest BCUT2D eigenvalue weighted by Crippen LogP contribution is 2.33. The van der Waals surface area contributed by atoms with E-state index in [0.29, 0.717) is 36.8 Å². The smallest absolute Gasteiger partial charge is 0.253 e. The minimum absolute atomic E-state index is 0. The molecule has 3 heterocycles. The van der Waals surface area contributed by atoms with Crippen molar-refractivity contribution in [2.45, 2.75) is 36.4 Å². The van der Waals surface area contributed by atoms with Gasteiger partial charge >= 0.3 is 0 Å². The van der Waals surface area contributed by atoms with E-state index in [9.17, 15) is 13.2 Å². The fourth-order valence-electron chi connectivity index (χ4n) is 3.39. The summed E-state index contributed by atoms with van der Waals surface area (Å²) in [7, 11) is -3.57. The highest BCUT2D eigenvalue weighted by atomic mass is 35.5. The van der Waals surface area contributed by atoms with Gasteiger partial charge in [0.1, 0.15) is 10.3 Å². The van der Waals surface area contributed by atoms with Crippen LogP contribution in [0.15, 0.2) is 21.7 Å². The molecule has 0 aliphatic carbocycles. The van der Waals surface area contributed by atoms with E-state index in [-0.39, 0.29) is 23.7 Å². The van der Waals surface area contributed by atoms with Gasteiger partial charge in [-0.3, -0.25) is 4.79 Å². The van der Waals surface area contributed by atoms with Crippen molar-refractivity contribution >= 4 is 39.7 Å². The third-order valence-corrected chi connectivity index (χ3v) is 8.19. The number of carbonyl (C=O) groups excluding carboxylic acids is 1. The largest absolute Gasteiger partial charge is 0.341 e. The number of amides is 1.